The quantitative estimate of drug-likeness (QED) is 0.362. The second kappa shape index (κ2) is 9.33. The fourth-order valence-electron chi connectivity index (χ4n) is 8.30. The van der Waals surface area contributed by atoms with Crippen molar-refractivity contribution in [2.24, 2.45) is 0 Å². The number of nitrogens with zero attached hydrogens (tertiary/aromatic N) is 5. The topological polar surface area (TPSA) is 95.9 Å². The number of nitrogens with one attached hydrogen (secondary N) is 1. The predicted octanol–water partition coefficient (Wildman–Crippen LogP) is 4.35. The van der Waals surface area contributed by atoms with Crippen LogP contribution in [-0.4, -0.2) is 87.6 Å². The smallest absolute Gasteiger partial charge is 0.319 e. The Hall–Kier alpha value is -3.83. The van der Waals surface area contributed by atoms with Crippen LogP contribution in [0.3, 0.4) is 0 Å². The Morgan fingerprint density at radius 1 is 1.14 bits per heavy atom. The zero-order chi connectivity index (χ0) is 28.9. The third-order valence-corrected chi connectivity index (χ3v) is 10.3. The molecule has 7 heterocycles. The average Bonchev–Trinajstić information content (AvgIpc) is 3.64. The summed E-state index contributed by atoms with van der Waals surface area (Å²) in [5.41, 5.74) is 0.163. The summed E-state index contributed by atoms with van der Waals surface area (Å²) in [5, 5.41) is 16.2. The second-order valence-electron chi connectivity index (χ2n) is 12.8. The van der Waals surface area contributed by atoms with Gasteiger partial charge in [-0.05, 0) is 55.1 Å². The van der Waals surface area contributed by atoms with Crippen LogP contribution in [0.5, 0.6) is 17.6 Å². The molecule has 222 valence electrons. The van der Waals surface area contributed by atoms with E-state index in [-0.39, 0.29) is 53.1 Å². The third-order valence-electron chi connectivity index (χ3n) is 10.3. The Kier molecular flexibility index (Phi) is 5.57. The number of anilines is 1. The van der Waals surface area contributed by atoms with Crippen LogP contribution in [-0.2, 0) is 0 Å². The number of piperazine rings is 1. The van der Waals surface area contributed by atoms with E-state index in [1.165, 1.54) is 6.07 Å². The van der Waals surface area contributed by atoms with Crippen molar-refractivity contribution < 1.29 is 23.4 Å². The lowest BCUT2D eigenvalue weighted by Gasteiger charge is -2.40. The number of ether oxygens (including phenoxy) is 2. The minimum absolute atomic E-state index is 0.0107. The molecule has 2 aromatic carbocycles. The molecular formula is C32H32F2N6O3. The lowest BCUT2D eigenvalue weighted by molar-refractivity contribution is 0.107. The molecule has 0 saturated carbocycles. The molecule has 2 bridgehead atoms. The second-order valence-corrected chi connectivity index (χ2v) is 12.8. The molecule has 4 aromatic rings. The van der Waals surface area contributed by atoms with Crippen LogP contribution in [0.15, 0.2) is 36.4 Å². The van der Waals surface area contributed by atoms with Crippen LogP contribution >= 0.6 is 0 Å². The lowest BCUT2D eigenvalue weighted by atomic mass is 9.95. The number of aromatic nitrogens is 3. The molecule has 5 aliphatic rings. The van der Waals surface area contributed by atoms with Gasteiger partial charge in [-0.25, -0.2) is 13.8 Å². The molecule has 5 atom stereocenters. The van der Waals surface area contributed by atoms with Crippen molar-refractivity contribution in [3.05, 3.63) is 42.2 Å². The van der Waals surface area contributed by atoms with Crippen molar-refractivity contribution in [1.29, 1.82) is 0 Å². The molecule has 4 fully saturated rings. The van der Waals surface area contributed by atoms with Gasteiger partial charge in [-0.15, -0.1) is 0 Å². The SMILES string of the molecule is Oc1cc(-c2nc3c4c(nc(OCC56CCCN5C[C@H](F)C6)nc4c2F)N2C[C@@H]4CC[C@@H](N4)[C@@H]2CO3)c2ccccc2c1. The molecule has 43 heavy (non-hydrogen) atoms. The highest BCUT2D eigenvalue weighted by Crippen LogP contribution is 2.45. The molecular weight excluding hydrogens is 554 g/mol. The van der Waals surface area contributed by atoms with E-state index in [1.807, 2.05) is 24.3 Å². The van der Waals surface area contributed by atoms with Gasteiger partial charge in [0.05, 0.1) is 11.6 Å². The van der Waals surface area contributed by atoms with Gasteiger partial charge in [0, 0.05) is 37.2 Å². The van der Waals surface area contributed by atoms with Crippen LogP contribution in [0.2, 0.25) is 0 Å². The number of benzene rings is 2. The summed E-state index contributed by atoms with van der Waals surface area (Å²) in [6.45, 7) is 2.58. The van der Waals surface area contributed by atoms with Gasteiger partial charge < -0.3 is 24.8 Å². The number of pyridine rings is 1. The van der Waals surface area contributed by atoms with E-state index < -0.39 is 12.0 Å². The molecule has 11 heteroatoms. The van der Waals surface area contributed by atoms with E-state index >= 15 is 4.39 Å². The van der Waals surface area contributed by atoms with Crippen LogP contribution in [0.1, 0.15) is 32.1 Å². The zero-order valence-corrected chi connectivity index (χ0v) is 23.6. The third kappa shape index (κ3) is 3.90. The molecule has 0 amide bonds. The molecule has 0 radical (unpaired) electrons. The summed E-state index contributed by atoms with van der Waals surface area (Å²) >= 11 is 0. The Balaban J connectivity index is 1.22. The number of rotatable bonds is 4. The van der Waals surface area contributed by atoms with E-state index in [1.54, 1.807) is 6.07 Å². The van der Waals surface area contributed by atoms with Gasteiger partial charge in [0.15, 0.2) is 5.82 Å². The van der Waals surface area contributed by atoms with Crippen molar-refractivity contribution in [3.8, 4) is 28.9 Å². The van der Waals surface area contributed by atoms with Crippen molar-refractivity contribution in [2.75, 3.05) is 37.7 Å². The molecule has 9 rings (SSSR count). The molecule has 2 N–H and O–H groups in total. The van der Waals surface area contributed by atoms with Crippen LogP contribution in [0.4, 0.5) is 14.6 Å². The summed E-state index contributed by atoms with van der Waals surface area (Å²) < 4.78 is 43.9. The average molecular weight is 587 g/mol. The van der Waals surface area contributed by atoms with E-state index in [9.17, 15) is 9.50 Å². The van der Waals surface area contributed by atoms with E-state index in [2.05, 4.69) is 20.1 Å². The number of phenols is 1. The monoisotopic (exact) mass is 586 g/mol. The molecule has 9 nitrogen and oxygen atoms in total. The highest BCUT2D eigenvalue weighted by Gasteiger charge is 2.50. The first-order valence-corrected chi connectivity index (χ1v) is 15.3. The number of fused-ring (bicyclic) bond motifs is 7. The molecule has 0 aliphatic carbocycles. The standard InChI is InChI=1S/C32H32F2N6O3/c33-18-12-32(8-3-9-39(32)13-18)16-43-31-37-28-25-29(38-31)40-14-19-6-7-23(35-19)24(40)15-42-30(25)36-27(26(28)34)22-11-20(41)10-17-4-1-2-5-21(17)22/h1-2,4-5,10-11,18-19,23-24,35,41H,3,6-9,12-16H2/t18-,19+,23-,24+,32?/m1/s1. The Morgan fingerprint density at radius 2 is 2.05 bits per heavy atom. The fourth-order valence-corrected chi connectivity index (χ4v) is 8.30. The minimum Gasteiger partial charge on any atom is -0.508 e. The molecule has 2 aromatic heterocycles. The minimum atomic E-state index is -0.883. The van der Waals surface area contributed by atoms with Gasteiger partial charge in [-0.1, -0.05) is 24.3 Å². The summed E-state index contributed by atoms with van der Waals surface area (Å²) in [4.78, 5) is 18.7. The maximum Gasteiger partial charge on any atom is 0.319 e. The predicted molar refractivity (Wildman–Crippen MR) is 157 cm³/mol. The van der Waals surface area contributed by atoms with E-state index in [0.717, 1.165) is 43.0 Å². The number of phenolic OH excluding ortho intramolecular Hbond substituents is 1. The van der Waals surface area contributed by atoms with Gasteiger partial charge >= 0.3 is 6.01 Å². The number of hydrogen-bond donors (Lipinski definition) is 2. The fraction of sp³-hybridized carbons (Fsp3) is 0.469. The Bertz CT molecular complexity index is 1790. The van der Waals surface area contributed by atoms with Gasteiger partial charge in [0.25, 0.3) is 0 Å². The van der Waals surface area contributed by atoms with Gasteiger partial charge in [-0.2, -0.15) is 9.97 Å². The van der Waals surface area contributed by atoms with Crippen LogP contribution in [0, 0.1) is 5.82 Å². The Labute approximate surface area is 246 Å². The highest BCUT2D eigenvalue weighted by molar-refractivity contribution is 6.02. The maximum atomic E-state index is 16.8. The van der Waals surface area contributed by atoms with Gasteiger partial charge in [-0.3, -0.25) is 4.90 Å². The van der Waals surface area contributed by atoms with Crippen LogP contribution < -0.4 is 19.7 Å². The molecule has 5 aliphatic heterocycles. The highest BCUT2D eigenvalue weighted by atomic mass is 19.1. The molecule has 0 spiro atoms. The van der Waals surface area contributed by atoms with Crippen molar-refractivity contribution in [3.63, 3.8) is 0 Å². The Morgan fingerprint density at radius 3 is 2.98 bits per heavy atom. The first-order valence-electron chi connectivity index (χ1n) is 15.3. The first kappa shape index (κ1) is 25.6. The van der Waals surface area contributed by atoms with Gasteiger partial charge in [0.1, 0.15) is 47.5 Å². The lowest BCUT2D eigenvalue weighted by Crippen LogP contribution is -2.60. The van der Waals surface area contributed by atoms with E-state index in [0.29, 0.717) is 48.9 Å². The zero-order valence-electron chi connectivity index (χ0n) is 23.6. The van der Waals surface area contributed by atoms with Crippen molar-refractivity contribution in [1.82, 2.24) is 25.2 Å². The summed E-state index contributed by atoms with van der Waals surface area (Å²) in [6.07, 6.45) is 3.46. The molecule has 4 saturated heterocycles. The maximum absolute atomic E-state index is 16.8. The number of hydrogen-bond acceptors (Lipinski definition) is 9. The number of aromatic hydroxyl groups is 1. The van der Waals surface area contributed by atoms with E-state index in [4.69, 9.17) is 19.4 Å². The summed E-state index contributed by atoms with van der Waals surface area (Å²) in [6, 6.07) is 11.2. The van der Waals surface area contributed by atoms with Gasteiger partial charge in [0.2, 0.25) is 5.88 Å². The normalized spacial score (nSPS) is 29.5. The van der Waals surface area contributed by atoms with Crippen LogP contribution in [0.25, 0.3) is 32.9 Å². The summed E-state index contributed by atoms with van der Waals surface area (Å²) in [7, 11) is 0. The first-order chi connectivity index (χ1) is 21.0. The molecule has 1 unspecified atom stereocenters. The largest absolute Gasteiger partial charge is 0.508 e. The number of alkyl halides is 1. The summed E-state index contributed by atoms with van der Waals surface area (Å²) in [5.74, 6) is 0.206. The van der Waals surface area contributed by atoms with Crippen molar-refractivity contribution >= 4 is 27.5 Å². The van der Waals surface area contributed by atoms with Crippen molar-refractivity contribution in [2.45, 2.75) is 61.9 Å². The number of halogens is 2.